The zero-order valence-electron chi connectivity index (χ0n) is 8.99. The van der Waals surface area contributed by atoms with Gasteiger partial charge in [0.15, 0.2) is 0 Å². The van der Waals surface area contributed by atoms with Crippen LogP contribution in [-0.2, 0) is 0 Å². The van der Waals surface area contributed by atoms with Crippen molar-refractivity contribution < 1.29 is 0 Å². The Bertz CT molecular complexity index is 287. The summed E-state index contributed by atoms with van der Waals surface area (Å²) in [4.78, 5) is 8.30. The number of aryl methyl sites for hydroxylation is 1. The lowest BCUT2D eigenvalue weighted by Crippen LogP contribution is -2.29. The maximum Gasteiger partial charge on any atom is 0.129 e. The molecule has 0 radical (unpaired) electrons. The van der Waals surface area contributed by atoms with E-state index in [-0.39, 0.29) is 0 Å². The second-order valence-corrected chi connectivity index (χ2v) is 3.64. The molecule has 78 valence electrons. The molecule has 0 spiro atoms. The van der Waals surface area contributed by atoms with E-state index in [1.807, 2.05) is 13.0 Å². The molecule has 2 unspecified atom stereocenters. The van der Waals surface area contributed by atoms with Crippen LogP contribution in [0.5, 0.6) is 0 Å². The van der Waals surface area contributed by atoms with Crippen LogP contribution < -0.4 is 11.1 Å². The van der Waals surface area contributed by atoms with E-state index >= 15 is 0 Å². The summed E-state index contributed by atoms with van der Waals surface area (Å²) in [5.74, 6) is 2.08. The summed E-state index contributed by atoms with van der Waals surface area (Å²) in [5, 5.41) is 3.30. The monoisotopic (exact) mass is 194 g/mol. The van der Waals surface area contributed by atoms with E-state index in [1.165, 1.54) is 0 Å². The average Bonchev–Trinajstić information content (AvgIpc) is 2.16. The van der Waals surface area contributed by atoms with Crippen molar-refractivity contribution >= 4 is 5.82 Å². The number of hydrogen-bond donors (Lipinski definition) is 2. The third kappa shape index (κ3) is 2.96. The SMILES string of the molecule is Cc1nccc(NC(C)C(C)CN)n1. The van der Waals surface area contributed by atoms with E-state index < -0.39 is 0 Å². The van der Waals surface area contributed by atoms with E-state index in [2.05, 4.69) is 29.1 Å². The molecule has 0 aliphatic heterocycles. The van der Waals surface area contributed by atoms with E-state index in [0.717, 1.165) is 11.6 Å². The predicted molar refractivity (Wildman–Crippen MR) is 58.1 cm³/mol. The normalized spacial score (nSPS) is 14.9. The molecule has 1 aromatic rings. The topological polar surface area (TPSA) is 63.8 Å². The van der Waals surface area contributed by atoms with Crippen molar-refractivity contribution in [3.63, 3.8) is 0 Å². The molecule has 0 saturated carbocycles. The second-order valence-electron chi connectivity index (χ2n) is 3.64. The van der Waals surface area contributed by atoms with Crippen LogP contribution in [0, 0.1) is 12.8 Å². The van der Waals surface area contributed by atoms with Crippen molar-refractivity contribution in [2.75, 3.05) is 11.9 Å². The molecule has 2 atom stereocenters. The molecular formula is C10H18N4. The van der Waals surface area contributed by atoms with Crippen LogP contribution in [0.25, 0.3) is 0 Å². The molecule has 0 bridgehead atoms. The van der Waals surface area contributed by atoms with Crippen molar-refractivity contribution in [1.29, 1.82) is 0 Å². The van der Waals surface area contributed by atoms with Crippen LogP contribution in [-0.4, -0.2) is 22.6 Å². The maximum atomic E-state index is 5.58. The van der Waals surface area contributed by atoms with Gasteiger partial charge < -0.3 is 11.1 Å². The van der Waals surface area contributed by atoms with Crippen molar-refractivity contribution in [2.45, 2.75) is 26.8 Å². The van der Waals surface area contributed by atoms with Gasteiger partial charge in [0.25, 0.3) is 0 Å². The highest BCUT2D eigenvalue weighted by molar-refractivity contribution is 5.34. The Balaban J connectivity index is 2.60. The molecule has 0 fully saturated rings. The second kappa shape index (κ2) is 4.91. The van der Waals surface area contributed by atoms with Gasteiger partial charge in [-0.1, -0.05) is 6.92 Å². The molecule has 0 saturated heterocycles. The lowest BCUT2D eigenvalue weighted by atomic mass is 10.0. The molecule has 14 heavy (non-hydrogen) atoms. The number of nitrogens with two attached hydrogens (primary N) is 1. The van der Waals surface area contributed by atoms with E-state index in [1.54, 1.807) is 6.20 Å². The number of anilines is 1. The Kier molecular flexibility index (Phi) is 3.83. The number of nitrogens with one attached hydrogen (secondary N) is 1. The van der Waals surface area contributed by atoms with Gasteiger partial charge in [0.2, 0.25) is 0 Å². The summed E-state index contributed by atoms with van der Waals surface area (Å²) in [6.45, 7) is 6.78. The first-order chi connectivity index (χ1) is 6.63. The molecule has 3 N–H and O–H groups in total. The molecule has 0 aliphatic carbocycles. The Morgan fingerprint density at radius 3 is 2.79 bits per heavy atom. The number of nitrogens with zero attached hydrogens (tertiary/aromatic N) is 2. The van der Waals surface area contributed by atoms with Crippen LogP contribution in [0.3, 0.4) is 0 Å². The lowest BCUT2D eigenvalue weighted by molar-refractivity contribution is 0.520. The highest BCUT2D eigenvalue weighted by Crippen LogP contribution is 2.08. The average molecular weight is 194 g/mol. The minimum absolute atomic E-state index is 0.328. The third-order valence-corrected chi connectivity index (χ3v) is 2.38. The first kappa shape index (κ1) is 10.9. The summed E-state index contributed by atoms with van der Waals surface area (Å²) >= 11 is 0. The zero-order chi connectivity index (χ0) is 10.6. The van der Waals surface area contributed by atoms with Gasteiger partial charge in [-0.2, -0.15) is 0 Å². The fourth-order valence-electron chi connectivity index (χ4n) is 1.12. The molecule has 1 rings (SSSR count). The zero-order valence-corrected chi connectivity index (χ0v) is 8.99. The highest BCUT2D eigenvalue weighted by atomic mass is 15.0. The van der Waals surface area contributed by atoms with Crippen LogP contribution in [0.1, 0.15) is 19.7 Å². The van der Waals surface area contributed by atoms with Gasteiger partial charge in [0.1, 0.15) is 11.6 Å². The van der Waals surface area contributed by atoms with Crippen molar-refractivity contribution in [2.24, 2.45) is 11.7 Å². The van der Waals surface area contributed by atoms with Crippen molar-refractivity contribution in [3.05, 3.63) is 18.1 Å². The molecule has 4 heteroatoms. The fraction of sp³-hybridized carbons (Fsp3) is 0.600. The van der Waals surface area contributed by atoms with Crippen molar-refractivity contribution in [1.82, 2.24) is 9.97 Å². The minimum Gasteiger partial charge on any atom is -0.367 e. The minimum atomic E-state index is 0.328. The molecular weight excluding hydrogens is 176 g/mol. The van der Waals surface area contributed by atoms with Crippen molar-refractivity contribution in [3.8, 4) is 0 Å². The molecule has 0 amide bonds. The predicted octanol–water partition coefficient (Wildman–Crippen LogP) is 1.18. The van der Waals surface area contributed by atoms with Crippen LogP contribution in [0.2, 0.25) is 0 Å². The maximum absolute atomic E-state index is 5.58. The molecule has 0 aromatic carbocycles. The number of rotatable bonds is 4. The fourth-order valence-corrected chi connectivity index (χ4v) is 1.12. The van der Waals surface area contributed by atoms with E-state index in [9.17, 15) is 0 Å². The van der Waals surface area contributed by atoms with Gasteiger partial charge in [0.05, 0.1) is 0 Å². The first-order valence-corrected chi connectivity index (χ1v) is 4.89. The Labute approximate surface area is 85.0 Å². The summed E-state index contributed by atoms with van der Waals surface area (Å²) < 4.78 is 0. The Morgan fingerprint density at radius 2 is 2.21 bits per heavy atom. The van der Waals surface area contributed by atoms with Gasteiger partial charge >= 0.3 is 0 Å². The van der Waals surface area contributed by atoms with Gasteiger partial charge in [-0.3, -0.25) is 0 Å². The van der Waals surface area contributed by atoms with Crippen LogP contribution >= 0.6 is 0 Å². The quantitative estimate of drug-likeness (QED) is 0.755. The Hall–Kier alpha value is -1.16. The molecule has 1 aromatic heterocycles. The molecule has 1 heterocycles. The summed E-state index contributed by atoms with van der Waals surface area (Å²) in [7, 11) is 0. The smallest absolute Gasteiger partial charge is 0.129 e. The third-order valence-electron chi connectivity index (χ3n) is 2.38. The van der Waals surface area contributed by atoms with Crippen LogP contribution in [0.4, 0.5) is 5.82 Å². The largest absolute Gasteiger partial charge is 0.367 e. The summed E-state index contributed by atoms with van der Waals surface area (Å²) in [6, 6.07) is 2.20. The van der Waals surface area contributed by atoms with E-state index in [4.69, 9.17) is 5.73 Å². The first-order valence-electron chi connectivity index (χ1n) is 4.89. The number of hydrogen-bond acceptors (Lipinski definition) is 4. The Morgan fingerprint density at radius 1 is 1.50 bits per heavy atom. The van der Waals surface area contributed by atoms with Gasteiger partial charge in [0, 0.05) is 12.2 Å². The van der Waals surface area contributed by atoms with Crippen LogP contribution in [0.15, 0.2) is 12.3 Å². The standard InChI is InChI=1S/C10H18N4/c1-7(6-11)8(2)13-10-4-5-12-9(3)14-10/h4-5,7-8H,6,11H2,1-3H3,(H,12,13,14). The molecule has 4 nitrogen and oxygen atoms in total. The highest BCUT2D eigenvalue weighted by Gasteiger charge is 2.10. The number of aromatic nitrogens is 2. The molecule has 0 aliphatic rings. The van der Waals surface area contributed by atoms with Gasteiger partial charge in [-0.25, -0.2) is 9.97 Å². The summed E-state index contributed by atoms with van der Waals surface area (Å²) in [6.07, 6.45) is 1.75. The van der Waals surface area contributed by atoms with Gasteiger partial charge in [-0.05, 0) is 32.4 Å². The summed E-state index contributed by atoms with van der Waals surface area (Å²) in [5.41, 5.74) is 5.58. The lowest BCUT2D eigenvalue weighted by Gasteiger charge is -2.20. The van der Waals surface area contributed by atoms with E-state index in [0.29, 0.717) is 18.5 Å². The van der Waals surface area contributed by atoms with Gasteiger partial charge in [-0.15, -0.1) is 0 Å².